The summed E-state index contributed by atoms with van der Waals surface area (Å²) in [7, 11) is 0. The van der Waals surface area contributed by atoms with Gasteiger partial charge in [0.15, 0.2) is 0 Å². The molecule has 0 amide bonds. The van der Waals surface area contributed by atoms with Crippen molar-refractivity contribution in [1.82, 2.24) is 0 Å². The summed E-state index contributed by atoms with van der Waals surface area (Å²) < 4.78 is 0. The van der Waals surface area contributed by atoms with Crippen molar-refractivity contribution < 1.29 is 0 Å². The minimum Gasteiger partial charge on any atom is -0.100 e. The van der Waals surface area contributed by atoms with E-state index in [-0.39, 0.29) is 0 Å². The minimum atomic E-state index is -0.516. The average molecular weight is 187 g/mol. The van der Waals surface area contributed by atoms with Gasteiger partial charge in [-0.05, 0) is 11.1 Å². The summed E-state index contributed by atoms with van der Waals surface area (Å²) in [6.45, 7) is 3.76. The molecule has 0 nitrogen and oxygen atoms in total. The summed E-state index contributed by atoms with van der Waals surface area (Å²) in [5.41, 5.74) is 1.73. The van der Waals surface area contributed by atoms with Crippen LogP contribution in [0.1, 0.15) is 5.56 Å². The van der Waals surface area contributed by atoms with Crippen LogP contribution in [0.3, 0.4) is 0 Å². The molecule has 0 atom stereocenters. The van der Waals surface area contributed by atoms with Gasteiger partial charge in [-0.3, -0.25) is 0 Å². The predicted molar refractivity (Wildman–Crippen MR) is 51.0 cm³/mol. The second-order valence-electron chi connectivity index (χ2n) is 2.19. The average Bonchev–Trinajstić information content (AvgIpc) is 2.05. The molecule has 0 heterocycles. The zero-order valence-electron chi connectivity index (χ0n) is 5.93. The maximum absolute atomic E-state index is 5.63. The quantitative estimate of drug-likeness (QED) is 0.621. The number of benzene rings is 1. The van der Waals surface area contributed by atoms with Crippen molar-refractivity contribution in [1.29, 1.82) is 0 Å². The molecule has 0 saturated heterocycles. The van der Waals surface area contributed by atoms with Gasteiger partial charge >= 0.3 is 0 Å². The van der Waals surface area contributed by atoms with E-state index in [1.807, 2.05) is 30.3 Å². The Morgan fingerprint density at radius 2 is 1.73 bits per heavy atom. The third-order valence-electron chi connectivity index (χ3n) is 1.41. The molecule has 0 bridgehead atoms. The number of hydrogen-bond donors (Lipinski definition) is 0. The molecule has 0 aliphatic heterocycles. The summed E-state index contributed by atoms with van der Waals surface area (Å²) in [6.07, 6.45) is 0. The Balaban J connectivity index is 2.86. The van der Waals surface area contributed by atoms with Crippen molar-refractivity contribution in [2.45, 2.75) is 4.84 Å². The van der Waals surface area contributed by atoms with E-state index in [2.05, 4.69) is 6.58 Å². The van der Waals surface area contributed by atoms with Crippen LogP contribution in [0.25, 0.3) is 5.57 Å². The third kappa shape index (κ3) is 2.25. The van der Waals surface area contributed by atoms with Gasteiger partial charge in [-0.1, -0.05) is 36.9 Å². The lowest BCUT2D eigenvalue weighted by Gasteiger charge is -2.04. The second-order valence-corrected chi connectivity index (χ2v) is 3.29. The lowest BCUT2D eigenvalue weighted by atomic mass is 10.1. The van der Waals surface area contributed by atoms with Gasteiger partial charge in [0.1, 0.15) is 4.84 Å². The van der Waals surface area contributed by atoms with Gasteiger partial charge in [-0.15, -0.1) is 23.2 Å². The van der Waals surface area contributed by atoms with Crippen molar-refractivity contribution >= 4 is 28.8 Å². The highest BCUT2D eigenvalue weighted by Crippen LogP contribution is 2.22. The predicted octanol–water partition coefficient (Wildman–Crippen LogP) is 3.50. The van der Waals surface area contributed by atoms with Crippen LogP contribution >= 0.6 is 23.2 Å². The number of allylic oxidation sites excluding steroid dienone is 1. The molecule has 11 heavy (non-hydrogen) atoms. The first-order valence-electron chi connectivity index (χ1n) is 3.24. The first-order chi connectivity index (χ1) is 5.22. The molecule has 0 N–H and O–H groups in total. The number of halogens is 2. The molecule has 1 rings (SSSR count). The molecular weight excluding hydrogens is 179 g/mol. The molecule has 0 aliphatic rings. The van der Waals surface area contributed by atoms with Gasteiger partial charge in [-0.2, -0.15) is 0 Å². The van der Waals surface area contributed by atoms with Crippen molar-refractivity contribution in [3.63, 3.8) is 0 Å². The highest BCUT2D eigenvalue weighted by atomic mass is 35.5. The van der Waals surface area contributed by atoms with Crippen molar-refractivity contribution in [3.8, 4) is 0 Å². The summed E-state index contributed by atoms with van der Waals surface area (Å²) in [6, 6.07) is 9.65. The number of alkyl halides is 2. The fourth-order valence-electron chi connectivity index (χ4n) is 0.778. The Kier molecular flexibility index (Phi) is 2.98. The molecule has 0 aromatic heterocycles. The fourth-order valence-corrected chi connectivity index (χ4v) is 1.03. The van der Waals surface area contributed by atoms with E-state index in [4.69, 9.17) is 23.2 Å². The summed E-state index contributed by atoms with van der Waals surface area (Å²) in [4.78, 5) is -0.516. The Morgan fingerprint density at radius 3 is 2.18 bits per heavy atom. The van der Waals surface area contributed by atoms with Crippen LogP contribution < -0.4 is 0 Å². The monoisotopic (exact) mass is 186 g/mol. The molecular formula is C9H8Cl2. The minimum absolute atomic E-state index is 0.516. The first-order valence-corrected chi connectivity index (χ1v) is 4.11. The van der Waals surface area contributed by atoms with Gasteiger partial charge in [-0.25, -0.2) is 0 Å². The van der Waals surface area contributed by atoms with Crippen molar-refractivity contribution in [2.75, 3.05) is 0 Å². The van der Waals surface area contributed by atoms with Gasteiger partial charge in [0.05, 0.1) is 0 Å². The fraction of sp³-hybridized carbons (Fsp3) is 0.111. The van der Waals surface area contributed by atoms with Crippen LogP contribution in [-0.2, 0) is 0 Å². The van der Waals surface area contributed by atoms with Gasteiger partial charge in [0.2, 0.25) is 0 Å². The van der Waals surface area contributed by atoms with Crippen LogP contribution in [-0.4, -0.2) is 4.84 Å². The lowest BCUT2D eigenvalue weighted by molar-refractivity contribution is 1.53. The van der Waals surface area contributed by atoms with Crippen molar-refractivity contribution in [2.24, 2.45) is 0 Å². The molecule has 0 unspecified atom stereocenters. The maximum atomic E-state index is 5.63. The summed E-state index contributed by atoms with van der Waals surface area (Å²) >= 11 is 11.3. The van der Waals surface area contributed by atoms with Crippen LogP contribution in [0.2, 0.25) is 0 Å². The van der Waals surface area contributed by atoms with Crippen LogP contribution in [0.15, 0.2) is 36.9 Å². The standard InChI is InChI=1S/C9H8Cl2/c1-7(9(10)11)8-5-3-2-4-6-8/h2-6,9H,1H2. The highest BCUT2D eigenvalue weighted by Gasteiger charge is 2.05. The molecule has 58 valence electrons. The highest BCUT2D eigenvalue weighted by molar-refractivity contribution is 6.49. The van der Waals surface area contributed by atoms with Crippen LogP contribution in [0, 0.1) is 0 Å². The molecule has 2 heteroatoms. The topological polar surface area (TPSA) is 0 Å². The van der Waals surface area contributed by atoms with Crippen LogP contribution in [0.5, 0.6) is 0 Å². The van der Waals surface area contributed by atoms with E-state index in [1.165, 1.54) is 0 Å². The zero-order valence-corrected chi connectivity index (χ0v) is 7.44. The molecule has 0 spiro atoms. The third-order valence-corrected chi connectivity index (χ3v) is 1.93. The SMILES string of the molecule is C=C(c1ccccc1)C(Cl)Cl. The van der Waals surface area contributed by atoms with E-state index >= 15 is 0 Å². The van der Waals surface area contributed by atoms with Crippen molar-refractivity contribution in [3.05, 3.63) is 42.5 Å². The van der Waals surface area contributed by atoms with E-state index < -0.39 is 4.84 Å². The Labute approximate surface area is 76.4 Å². The summed E-state index contributed by atoms with van der Waals surface area (Å²) in [5.74, 6) is 0. The Hall–Kier alpha value is -0.460. The van der Waals surface area contributed by atoms with Gasteiger partial charge in [0.25, 0.3) is 0 Å². The summed E-state index contributed by atoms with van der Waals surface area (Å²) in [5, 5.41) is 0. The van der Waals surface area contributed by atoms with E-state index in [0.717, 1.165) is 11.1 Å². The Bertz CT molecular complexity index is 239. The Morgan fingerprint density at radius 1 is 1.18 bits per heavy atom. The normalized spacial score (nSPS) is 10.1. The number of rotatable bonds is 2. The second kappa shape index (κ2) is 3.80. The maximum Gasteiger partial charge on any atom is 0.132 e. The number of hydrogen-bond acceptors (Lipinski definition) is 0. The molecule has 0 radical (unpaired) electrons. The largest absolute Gasteiger partial charge is 0.132 e. The molecule has 0 aliphatic carbocycles. The van der Waals surface area contributed by atoms with Gasteiger partial charge in [0, 0.05) is 0 Å². The van der Waals surface area contributed by atoms with Gasteiger partial charge < -0.3 is 0 Å². The first kappa shape index (κ1) is 8.63. The van der Waals surface area contributed by atoms with E-state index in [1.54, 1.807) is 0 Å². The van der Waals surface area contributed by atoms with E-state index in [0.29, 0.717) is 0 Å². The molecule has 0 saturated carbocycles. The molecule has 1 aromatic carbocycles. The van der Waals surface area contributed by atoms with Crippen LogP contribution in [0.4, 0.5) is 0 Å². The smallest absolute Gasteiger partial charge is 0.100 e. The molecule has 1 aromatic rings. The molecule has 0 fully saturated rings. The zero-order chi connectivity index (χ0) is 8.27. The van der Waals surface area contributed by atoms with E-state index in [9.17, 15) is 0 Å². The lowest BCUT2D eigenvalue weighted by Crippen LogP contribution is -1.90.